The zero-order chi connectivity index (χ0) is 12.3. The lowest BCUT2D eigenvalue weighted by molar-refractivity contribution is 0.0692. The van der Waals surface area contributed by atoms with Gasteiger partial charge in [0.1, 0.15) is 5.56 Å². The zero-order valence-corrected chi connectivity index (χ0v) is 11.0. The normalized spacial score (nSPS) is 10.6. The van der Waals surface area contributed by atoms with Crippen LogP contribution in [0.25, 0.3) is 0 Å². The summed E-state index contributed by atoms with van der Waals surface area (Å²) in [6.45, 7) is 4.15. The number of carboxylic acids is 1. The zero-order valence-electron chi connectivity index (χ0n) is 9.45. The Labute approximate surface area is 103 Å². The third kappa shape index (κ3) is 2.95. The van der Waals surface area contributed by atoms with Gasteiger partial charge in [-0.25, -0.2) is 9.78 Å². The Bertz CT molecular complexity index is 404. The highest BCUT2D eigenvalue weighted by Crippen LogP contribution is 2.25. The van der Waals surface area contributed by atoms with Gasteiger partial charge in [0.2, 0.25) is 5.88 Å². The van der Waals surface area contributed by atoms with Crippen molar-refractivity contribution in [1.82, 2.24) is 4.98 Å². The summed E-state index contributed by atoms with van der Waals surface area (Å²) in [5, 5.41) is 8.95. The van der Waals surface area contributed by atoms with Gasteiger partial charge in [0.05, 0.1) is 12.8 Å². The van der Waals surface area contributed by atoms with Gasteiger partial charge in [-0.05, 0) is 34.3 Å². The molecular weight excluding hydrogens is 274 g/mol. The molecule has 1 N–H and O–H groups in total. The van der Waals surface area contributed by atoms with E-state index in [-0.39, 0.29) is 11.4 Å². The Morgan fingerprint density at radius 3 is 2.69 bits per heavy atom. The van der Waals surface area contributed by atoms with E-state index < -0.39 is 5.97 Å². The van der Waals surface area contributed by atoms with Gasteiger partial charge in [-0.15, -0.1) is 0 Å². The average molecular weight is 288 g/mol. The Morgan fingerprint density at radius 2 is 2.25 bits per heavy atom. The molecule has 16 heavy (non-hydrogen) atoms. The van der Waals surface area contributed by atoms with Crippen molar-refractivity contribution >= 4 is 21.9 Å². The lowest BCUT2D eigenvalue weighted by Gasteiger charge is -2.10. The number of halogens is 1. The number of aromatic nitrogens is 1. The van der Waals surface area contributed by atoms with Gasteiger partial charge in [-0.1, -0.05) is 13.8 Å². The smallest absolute Gasteiger partial charge is 0.341 e. The number of methoxy groups -OCH3 is 1. The molecule has 0 saturated heterocycles. The first-order valence-corrected chi connectivity index (χ1v) is 5.71. The summed E-state index contributed by atoms with van der Waals surface area (Å²) in [7, 11) is 1.42. The molecule has 0 aliphatic rings. The highest BCUT2D eigenvalue weighted by molar-refractivity contribution is 9.10. The molecular formula is C11H14BrNO3. The lowest BCUT2D eigenvalue weighted by Crippen LogP contribution is -2.07. The highest BCUT2D eigenvalue weighted by atomic mass is 79.9. The number of ether oxygens (including phenoxy) is 1. The predicted molar refractivity (Wildman–Crippen MR) is 64.0 cm³/mol. The number of aromatic carboxylic acids is 1. The van der Waals surface area contributed by atoms with Crippen molar-refractivity contribution in [2.24, 2.45) is 5.92 Å². The Hall–Kier alpha value is -1.10. The van der Waals surface area contributed by atoms with Gasteiger partial charge in [0.15, 0.2) is 0 Å². The number of hydrogen-bond donors (Lipinski definition) is 1. The molecule has 4 nitrogen and oxygen atoms in total. The van der Waals surface area contributed by atoms with Crippen molar-refractivity contribution in [3.05, 3.63) is 21.8 Å². The lowest BCUT2D eigenvalue weighted by atomic mass is 10.1. The van der Waals surface area contributed by atoms with Gasteiger partial charge in [0.25, 0.3) is 0 Å². The molecule has 88 valence electrons. The molecule has 1 aromatic rings. The Balaban J connectivity index is 3.20. The Morgan fingerprint density at radius 1 is 1.62 bits per heavy atom. The second-order valence-electron chi connectivity index (χ2n) is 3.88. The van der Waals surface area contributed by atoms with Crippen LogP contribution in [0.2, 0.25) is 0 Å². The van der Waals surface area contributed by atoms with E-state index in [2.05, 4.69) is 34.8 Å². The molecule has 1 heterocycles. The first-order valence-electron chi connectivity index (χ1n) is 4.92. The second-order valence-corrected chi connectivity index (χ2v) is 4.73. The largest absolute Gasteiger partial charge is 0.480 e. The predicted octanol–water partition coefficient (Wildman–Crippen LogP) is 2.75. The van der Waals surface area contributed by atoms with Crippen molar-refractivity contribution in [3.8, 4) is 5.88 Å². The van der Waals surface area contributed by atoms with Crippen LogP contribution >= 0.6 is 15.9 Å². The summed E-state index contributed by atoms with van der Waals surface area (Å²) in [5.41, 5.74) is 0.888. The number of hydrogen-bond acceptors (Lipinski definition) is 3. The van der Waals surface area contributed by atoms with Gasteiger partial charge in [-0.2, -0.15) is 0 Å². The van der Waals surface area contributed by atoms with Crippen molar-refractivity contribution in [2.45, 2.75) is 20.3 Å². The average Bonchev–Trinajstić information content (AvgIpc) is 2.19. The quantitative estimate of drug-likeness (QED) is 0.925. The Kier molecular flexibility index (Phi) is 4.29. The highest BCUT2D eigenvalue weighted by Gasteiger charge is 2.16. The minimum atomic E-state index is -1.04. The topological polar surface area (TPSA) is 59.4 Å². The first kappa shape index (κ1) is 13.0. The van der Waals surface area contributed by atoms with Crippen LogP contribution in [0.5, 0.6) is 5.88 Å². The number of pyridine rings is 1. The van der Waals surface area contributed by atoms with Crippen molar-refractivity contribution < 1.29 is 14.6 Å². The molecule has 0 unspecified atom stereocenters. The third-order valence-corrected chi connectivity index (χ3v) is 2.73. The molecule has 0 aliphatic heterocycles. The fourth-order valence-corrected chi connectivity index (χ4v) is 1.83. The summed E-state index contributed by atoms with van der Waals surface area (Å²) in [5.74, 6) is -0.434. The van der Waals surface area contributed by atoms with E-state index in [1.54, 1.807) is 0 Å². The molecule has 0 spiro atoms. The molecule has 1 aromatic heterocycles. The van der Waals surface area contributed by atoms with Crippen LogP contribution in [0, 0.1) is 5.92 Å². The number of carboxylic acid groups (broad SMARTS) is 1. The summed E-state index contributed by atoms with van der Waals surface area (Å²) >= 11 is 3.33. The van der Waals surface area contributed by atoms with E-state index in [0.29, 0.717) is 10.4 Å². The van der Waals surface area contributed by atoms with Gasteiger partial charge in [0, 0.05) is 4.47 Å². The standard InChI is InChI=1S/C11H14BrNO3/c1-6(2)4-9-8(12)5-7(11(14)15)10(13-9)16-3/h5-6H,4H2,1-3H3,(H,14,15). The summed E-state index contributed by atoms with van der Waals surface area (Å²) in [6.07, 6.45) is 0.775. The van der Waals surface area contributed by atoms with Crippen LogP contribution in [0.15, 0.2) is 10.5 Å². The van der Waals surface area contributed by atoms with E-state index in [1.807, 2.05) is 0 Å². The minimum Gasteiger partial charge on any atom is -0.480 e. The molecule has 0 radical (unpaired) electrons. The molecule has 0 atom stereocenters. The van der Waals surface area contributed by atoms with Crippen LogP contribution in [0.4, 0.5) is 0 Å². The second kappa shape index (κ2) is 5.30. The monoisotopic (exact) mass is 287 g/mol. The molecule has 1 rings (SSSR count). The summed E-state index contributed by atoms with van der Waals surface area (Å²) in [4.78, 5) is 15.1. The van der Waals surface area contributed by atoms with Crippen molar-refractivity contribution in [2.75, 3.05) is 7.11 Å². The van der Waals surface area contributed by atoms with Crippen LogP contribution < -0.4 is 4.74 Å². The molecule has 0 bridgehead atoms. The molecule has 0 aromatic carbocycles. The number of rotatable bonds is 4. The summed E-state index contributed by atoms with van der Waals surface area (Å²) in [6, 6.07) is 1.53. The fraction of sp³-hybridized carbons (Fsp3) is 0.455. The van der Waals surface area contributed by atoms with E-state index in [0.717, 1.165) is 12.1 Å². The number of carbonyl (C=O) groups is 1. The molecule has 0 fully saturated rings. The van der Waals surface area contributed by atoms with E-state index in [9.17, 15) is 4.79 Å². The molecule has 0 saturated carbocycles. The van der Waals surface area contributed by atoms with Crippen molar-refractivity contribution in [3.63, 3.8) is 0 Å². The van der Waals surface area contributed by atoms with Gasteiger partial charge in [-0.3, -0.25) is 0 Å². The maximum absolute atomic E-state index is 10.9. The van der Waals surface area contributed by atoms with Crippen LogP contribution in [0.3, 0.4) is 0 Å². The van der Waals surface area contributed by atoms with Crippen LogP contribution in [0.1, 0.15) is 29.9 Å². The SMILES string of the molecule is COc1nc(CC(C)C)c(Br)cc1C(=O)O. The van der Waals surface area contributed by atoms with E-state index in [4.69, 9.17) is 9.84 Å². The maximum Gasteiger partial charge on any atom is 0.341 e. The van der Waals surface area contributed by atoms with E-state index in [1.165, 1.54) is 13.2 Å². The third-order valence-electron chi connectivity index (χ3n) is 2.04. The van der Waals surface area contributed by atoms with Crippen molar-refractivity contribution in [1.29, 1.82) is 0 Å². The fourth-order valence-electron chi connectivity index (χ4n) is 1.35. The molecule has 0 amide bonds. The summed E-state index contributed by atoms with van der Waals surface area (Å²) < 4.78 is 5.68. The molecule has 0 aliphatic carbocycles. The molecule has 5 heteroatoms. The first-order chi connectivity index (χ1) is 7.45. The van der Waals surface area contributed by atoms with Gasteiger partial charge < -0.3 is 9.84 Å². The van der Waals surface area contributed by atoms with Crippen LogP contribution in [-0.4, -0.2) is 23.2 Å². The van der Waals surface area contributed by atoms with E-state index >= 15 is 0 Å². The maximum atomic E-state index is 10.9. The van der Waals surface area contributed by atoms with Gasteiger partial charge >= 0.3 is 5.97 Å². The van der Waals surface area contributed by atoms with Crippen LogP contribution in [-0.2, 0) is 6.42 Å². The minimum absolute atomic E-state index is 0.0712. The number of nitrogens with zero attached hydrogens (tertiary/aromatic N) is 1.